The predicted molar refractivity (Wildman–Crippen MR) is 69.3 cm³/mol. The van der Waals surface area contributed by atoms with E-state index in [0.29, 0.717) is 0 Å². The number of rotatable bonds is 3. The van der Waals surface area contributed by atoms with E-state index in [9.17, 15) is 15.0 Å². The maximum atomic E-state index is 12.0. The van der Waals surface area contributed by atoms with Crippen LogP contribution in [0.25, 0.3) is 0 Å². The molecule has 92 valence electrons. The van der Waals surface area contributed by atoms with E-state index < -0.39 is 0 Å². The maximum absolute atomic E-state index is 12.0. The summed E-state index contributed by atoms with van der Waals surface area (Å²) in [5.74, 6) is -0.760. The molecule has 0 saturated carbocycles. The molecule has 4 heteroatoms. The molecule has 2 aromatic carbocycles. The van der Waals surface area contributed by atoms with Crippen molar-refractivity contribution in [1.29, 1.82) is 0 Å². The lowest BCUT2D eigenvalue weighted by molar-refractivity contribution is 0.0990. The fourth-order valence-corrected chi connectivity index (χ4v) is 1.81. The summed E-state index contributed by atoms with van der Waals surface area (Å²) in [7, 11) is 0. The lowest BCUT2D eigenvalue weighted by Crippen LogP contribution is -2.03. The van der Waals surface area contributed by atoms with Crippen LogP contribution in [-0.4, -0.2) is 16.0 Å². The predicted octanol–water partition coefficient (Wildman–Crippen LogP) is 3.18. The van der Waals surface area contributed by atoms with Crippen LogP contribution in [0.15, 0.2) is 42.5 Å². The molecule has 2 N–H and O–H groups in total. The van der Waals surface area contributed by atoms with Gasteiger partial charge in [-0.05, 0) is 11.6 Å². The van der Waals surface area contributed by atoms with Crippen molar-refractivity contribution < 1.29 is 15.0 Å². The highest BCUT2D eigenvalue weighted by molar-refractivity contribution is 6.32. The second kappa shape index (κ2) is 5.10. The Bertz CT molecular complexity index is 579. The Labute approximate surface area is 109 Å². The largest absolute Gasteiger partial charge is 0.507 e. The Hall–Kier alpha value is -2.00. The zero-order valence-corrected chi connectivity index (χ0v) is 10.2. The van der Waals surface area contributed by atoms with Crippen LogP contribution in [0.1, 0.15) is 15.9 Å². The summed E-state index contributed by atoms with van der Waals surface area (Å²) in [4.78, 5) is 12.0. The van der Waals surface area contributed by atoms with Crippen molar-refractivity contribution >= 4 is 17.4 Å². The zero-order valence-electron chi connectivity index (χ0n) is 9.43. The Morgan fingerprint density at radius 2 is 1.72 bits per heavy atom. The molecule has 3 nitrogen and oxygen atoms in total. The van der Waals surface area contributed by atoms with Crippen LogP contribution in [0.3, 0.4) is 0 Å². The van der Waals surface area contributed by atoms with Crippen molar-refractivity contribution in [2.24, 2.45) is 0 Å². The van der Waals surface area contributed by atoms with Gasteiger partial charge in [0.05, 0.1) is 10.6 Å². The Kier molecular flexibility index (Phi) is 3.53. The fraction of sp³-hybridized carbons (Fsp3) is 0.0714. The van der Waals surface area contributed by atoms with Crippen LogP contribution >= 0.6 is 11.6 Å². The van der Waals surface area contributed by atoms with Gasteiger partial charge in [-0.1, -0.05) is 41.9 Å². The minimum Gasteiger partial charge on any atom is -0.507 e. The number of phenols is 2. The number of Topliss-reactive ketones (excluding diaryl/α,β-unsaturated/α-hetero) is 1. The summed E-state index contributed by atoms with van der Waals surface area (Å²) in [5, 5.41) is 19.0. The van der Waals surface area contributed by atoms with Gasteiger partial charge in [0.1, 0.15) is 11.5 Å². The van der Waals surface area contributed by atoms with Gasteiger partial charge in [0.15, 0.2) is 5.78 Å². The van der Waals surface area contributed by atoms with Crippen LogP contribution in [0.5, 0.6) is 11.5 Å². The summed E-state index contributed by atoms with van der Waals surface area (Å²) >= 11 is 5.72. The van der Waals surface area contributed by atoms with Gasteiger partial charge in [-0.3, -0.25) is 4.79 Å². The van der Waals surface area contributed by atoms with Crippen LogP contribution in [0, 0.1) is 0 Å². The first-order valence-electron chi connectivity index (χ1n) is 5.36. The lowest BCUT2D eigenvalue weighted by atomic mass is 10.0. The Morgan fingerprint density at radius 3 is 2.39 bits per heavy atom. The van der Waals surface area contributed by atoms with Gasteiger partial charge in [0.2, 0.25) is 0 Å². The third-order valence-electron chi connectivity index (χ3n) is 2.57. The van der Waals surface area contributed by atoms with E-state index in [1.54, 1.807) is 0 Å². The van der Waals surface area contributed by atoms with Crippen LogP contribution < -0.4 is 0 Å². The number of hydrogen-bond donors (Lipinski definition) is 2. The van der Waals surface area contributed by atoms with Crippen molar-refractivity contribution in [2.45, 2.75) is 6.42 Å². The van der Waals surface area contributed by atoms with Crippen molar-refractivity contribution in [3.05, 3.63) is 58.6 Å². The number of benzene rings is 2. The third kappa shape index (κ3) is 2.63. The van der Waals surface area contributed by atoms with E-state index in [1.165, 1.54) is 6.07 Å². The molecular formula is C14H11ClO3. The summed E-state index contributed by atoms with van der Waals surface area (Å²) < 4.78 is 0. The van der Waals surface area contributed by atoms with Crippen LogP contribution in [-0.2, 0) is 6.42 Å². The first-order chi connectivity index (χ1) is 8.58. The van der Waals surface area contributed by atoms with Gasteiger partial charge in [-0.15, -0.1) is 0 Å². The second-order valence-electron chi connectivity index (χ2n) is 3.91. The highest BCUT2D eigenvalue weighted by atomic mass is 35.5. The molecule has 2 aromatic rings. The molecule has 0 heterocycles. The van der Waals surface area contributed by atoms with Crippen molar-refractivity contribution in [1.82, 2.24) is 0 Å². The SMILES string of the molecule is O=C(Cc1ccccc1)c1cc(Cl)c(O)cc1O. The molecule has 0 bridgehead atoms. The highest BCUT2D eigenvalue weighted by Crippen LogP contribution is 2.31. The van der Waals surface area contributed by atoms with Crippen molar-refractivity contribution in [3.8, 4) is 11.5 Å². The third-order valence-corrected chi connectivity index (χ3v) is 2.88. The van der Waals surface area contributed by atoms with E-state index in [1.807, 2.05) is 30.3 Å². The molecule has 0 radical (unpaired) electrons. The van der Waals surface area contributed by atoms with E-state index in [0.717, 1.165) is 11.6 Å². The molecule has 0 aromatic heterocycles. The molecule has 0 aliphatic carbocycles. The first kappa shape index (κ1) is 12.5. The molecular weight excluding hydrogens is 252 g/mol. The monoisotopic (exact) mass is 262 g/mol. The van der Waals surface area contributed by atoms with E-state index in [-0.39, 0.29) is 34.3 Å². The molecule has 2 rings (SSSR count). The summed E-state index contributed by atoms with van der Waals surface area (Å²) in [6.45, 7) is 0. The van der Waals surface area contributed by atoms with Crippen LogP contribution in [0.2, 0.25) is 5.02 Å². The molecule has 0 spiro atoms. The number of halogens is 1. The number of carbonyl (C=O) groups is 1. The first-order valence-corrected chi connectivity index (χ1v) is 5.74. The summed E-state index contributed by atoms with van der Waals surface area (Å²) in [6, 6.07) is 11.5. The van der Waals surface area contributed by atoms with Crippen molar-refractivity contribution in [3.63, 3.8) is 0 Å². The molecule has 0 atom stereocenters. The van der Waals surface area contributed by atoms with Gasteiger partial charge in [0, 0.05) is 12.5 Å². The average Bonchev–Trinajstić information content (AvgIpc) is 2.35. The van der Waals surface area contributed by atoms with Gasteiger partial charge in [-0.25, -0.2) is 0 Å². The van der Waals surface area contributed by atoms with E-state index >= 15 is 0 Å². The summed E-state index contributed by atoms with van der Waals surface area (Å²) in [6.07, 6.45) is 0.176. The normalized spacial score (nSPS) is 10.3. The second-order valence-corrected chi connectivity index (χ2v) is 4.31. The average molecular weight is 263 g/mol. The molecule has 0 amide bonds. The number of carbonyl (C=O) groups excluding carboxylic acids is 1. The Morgan fingerprint density at radius 1 is 1.06 bits per heavy atom. The number of phenolic OH excluding ortho intramolecular Hbond substituents is 2. The number of hydrogen-bond acceptors (Lipinski definition) is 3. The smallest absolute Gasteiger partial charge is 0.171 e. The highest BCUT2D eigenvalue weighted by Gasteiger charge is 2.14. The Balaban J connectivity index is 2.27. The van der Waals surface area contributed by atoms with E-state index in [4.69, 9.17) is 11.6 Å². The minimum atomic E-state index is -0.266. The topological polar surface area (TPSA) is 57.5 Å². The number of aromatic hydroxyl groups is 2. The van der Waals surface area contributed by atoms with Gasteiger partial charge >= 0.3 is 0 Å². The molecule has 0 saturated heterocycles. The van der Waals surface area contributed by atoms with E-state index in [2.05, 4.69) is 0 Å². The fourth-order valence-electron chi connectivity index (χ4n) is 1.65. The lowest BCUT2D eigenvalue weighted by Gasteiger charge is -2.06. The number of ketones is 1. The van der Waals surface area contributed by atoms with Gasteiger partial charge in [-0.2, -0.15) is 0 Å². The molecule has 0 aliphatic heterocycles. The minimum absolute atomic E-state index is 0.0456. The quantitative estimate of drug-likeness (QED) is 0.836. The molecule has 18 heavy (non-hydrogen) atoms. The molecule has 0 unspecified atom stereocenters. The maximum Gasteiger partial charge on any atom is 0.171 e. The standard InChI is InChI=1S/C14H11ClO3/c15-11-7-10(13(17)8-14(11)18)12(16)6-9-4-2-1-3-5-9/h1-5,7-8,17-18H,6H2. The van der Waals surface area contributed by atoms with Gasteiger partial charge in [0.25, 0.3) is 0 Å². The summed E-state index contributed by atoms with van der Waals surface area (Å²) in [5.41, 5.74) is 0.966. The van der Waals surface area contributed by atoms with Gasteiger partial charge < -0.3 is 10.2 Å². The van der Waals surface area contributed by atoms with Crippen molar-refractivity contribution in [2.75, 3.05) is 0 Å². The van der Waals surface area contributed by atoms with Crippen LogP contribution in [0.4, 0.5) is 0 Å². The molecule has 0 aliphatic rings. The molecule has 0 fully saturated rings. The zero-order chi connectivity index (χ0) is 13.1.